The van der Waals surface area contributed by atoms with Crippen LogP contribution in [0.3, 0.4) is 0 Å². The highest BCUT2D eigenvalue weighted by atomic mass is 19.1. The molecule has 0 radical (unpaired) electrons. The first-order chi connectivity index (χ1) is 14.5. The van der Waals surface area contributed by atoms with Crippen LogP contribution in [0.15, 0.2) is 30.9 Å². The Balaban J connectivity index is 1.35. The zero-order valence-electron chi connectivity index (χ0n) is 16.0. The number of imidazole rings is 1. The topological polar surface area (TPSA) is 127 Å². The number of rotatable bonds is 5. The maximum atomic E-state index is 13.5. The van der Waals surface area contributed by atoms with Gasteiger partial charge >= 0.3 is 7.32 Å². The lowest BCUT2D eigenvalue weighted by Gasteiger charge is -2.19. The first-order valence-electron chi connectivity index (χ1n) is 9.42. The van der Waals surface area contributed by atoms with Crippen LogP contribution >= 0.6 is 0 Å². The van der Waals surface area contributed by atoms with Gasteiger partial charge in [0.1, 0.15) is 36.0 Å². The average molecular weight is 415 g/mol. The summed E-state index contributed by atoms with van der Waals surface area (Å²) < 4.78 is 38.6. The highest BCUT2D eigenvalue weighted by molar-refractivity contribution is 6.37. The minimum atomic E-state index is -0.988. The van der Waals surface area contributed by atoms with Crippen LogP contribution in [0, 0.1) is 12.7 Å². The summed E-state index contributed by atoms with van der Waals surface area (Å²) in [6.07, 6.45) is 0.456. The largest absolute Gasteiger partial charge is 0.640 e. The van der Waals surface area contributed by atoms with E-state index < -0.39 is 31.9 Å². The van der Waals surface area contributed by atoms with Gasteiger partial charge < -0.3 is 29.5 Å². The second-order valence-corrected chi connectivity index (χ2v) is 7.20. The number of aliphatic hydroxyl groups is 1. The molecule has 0 amide bonds. The Bertz CT molecular complexity index is 1080. The van der Waals surface area contributed by atoms with Crippen LogP contribution in [0.25, 0.3) is 11.2 Å². The van der Waals surface area contributed by atoms with Crippen LogP contribution < -0.4 is 5.73 Å². The Morgan fingerprint density at radius 1 is 1.27 bits per heavy atom. The number of nitrogen functional groups attached to an aromatic ring is 1. The van der Waals surface area contributed by atoms with E-state index in [1.165, 1.54) is 24.8 Å². The van der Waals surface area contributed by atoms with Crippen LogP contribution in [0.2, 0.25) is 0 Å². The number of hydrogen-bond acceptors (Lipinski definition) is 9. The van der Waals surface area contributed by atoms with Crippen molar-refractivity contribution in [1.29, 1.82) is 0 Å². The summed E-state index contributed by atoms with van der Waals surface area (Å²) in [5.41, 5.74) is 8.37. The number of fused-ring (bicyclic) bond motifs is 2. The van der Waals surface area contributed by atoms with Crippen molar-refractivity contribution in [3.05, 3.63) is 47.8 Å². The van der Waals surface area contributed by atoms with E-state index in [-0.39, 0.29) is 24.8 Å². The zero-order chi connectivity index (χ0) is 20.8. The van der Waals surface area contributed by atoms with Crippen molar-refractivity contribution in [2.75, 3.05) is 12.3 Å². The fourth-order valence-electron chi connectivity index (χ4n) is 3.77. The predicted molar refractivity (Wildman–Crippen MR) is 102 cm³/mol. The molecule has 0 saturated carbocycles. The molecule has 2 fully saturated rings. The number of nitrogens with zero attached hydrogens (tertiary/aromatic N) is 4. The second-order valence-electron chi connectivity index (χ2n) is 7.20. The quantitative estimate of drug-likeness (QED) is 0.580. The van der Waals surface area contributed by atoms with Crippen molar-refractivity contribution in [2.45, 2.75) is 38.1 Å². The summed E-state index contributed by atoms with van der Waals surface area (Å²) in [6, 6.07) is 4.49. The van der Waals surface area contributed by atoms with Gasteiger partial charge in [0.05, 0.1) is 19.5 Å². The van der Waals surface area contributed by atoms with Gasteiger partial charge in [-0.3, -0.25) is 4.57 Å². The highest BCUT2D eigenvalue weighted by Crippen LogP contribution is 2.39. The molecule has 12 heteroatoms. The van der Waals surface area contributed by atoms with E-state index >= 15 is 0 Å². The standard InChI is InChI=1S/C18H19BFN5O5/c1-9-2-3-11(20)4-10(9)6-27-19-29-14-12(5-26)28-18(15(14)30-19)25-8-24-13-16(21)22-7-23-17(13)25/h2-4,7-8,12,14-15,18,26H,5-6H2,1H3,(H2,21,22,23)/t12-,14?,15+,18-/m1/s1. The maximum absolute atomic E-state index is 13.5. The van der Waals surface area contributed by atoms with Crippen LogP contribution in [0.4, 0.5) is 10.2 Å². The van der Waals surface area contributed by atoms with Crippen molar-refractivity contribution in [3.63, 3.8) is 0 Å². The SMILES string of the molecule is Cc1ccc(F)cc1COB1OC2[C@@H](CO)O[C@@H](n3cnc4c(N)ncnc43)[C@H]2O1. The number of halogens is 1. The van der Waals surface area contributed by atoms with E-state index in [0.717, 1.165) is 5.56 Å². The van der Waals surface area contributed by atoms with E-state index in [2.05, 4.69) is 15.0 Å². The van der Waals surface area contributed by atoms with Gasteiger partial charge in [0.25, 0.3) is 0 Å². The van der Waals surface area contributed by atoms with Crippen LogP contribution in [0.5, 0.6) is 0 Å². The van der Waals surface area contributed by atoms with Gasteiger partial charge in [-0.2, -0.15) is 0 Å². The van der Waals surface area contributed by atoms with Crippen LogP contribution in [-0.4, -0.2) is 56.9 Å². The monoisotopic (exact) mass is 415 g/mol. The lowest BCUT2D eigenvalue weighted by molar-refractivity contribution is -0.0652. The third-order valence-electron chi connectivity index (χ3n) is 5.35. The van der Waals surface area contributed by atoms with Crippen molar-refractivity contribution in [2.24, 2.45) is 0 Å². The number of benzene rings is 1. The number of ether oxygens (including phenoxy) is 1. The molecule has 30 heavy (non-hydrogen) atoms. The average Bonchev–Trinajstić information content (AvgIpc) is 3.42. The molecular weight excluding hydrogens is 396 g/mol. The molecule has 2 aromatic heterocycles. The summed E-state index contributed by atoms with van der Waals surface area (Å²) in [6.45, 7) is 1.72. The molecule has 2 aliphatic heterocycles. The fourth-order valence-corrected chi connectivity index (χ4v) is 3.77. The smallest absolute Gasteiger partial charge is 0.394 e. The molecule has 1 unspecified atom stereocenters. The van der Waals surface area contributed by atoms with Gasteiger partial charge in [0, 0.05) is 0 Å². The van der Waals surface area contributed by atoms with Gasteiger partial charge in [0.2, 0.25) is 0 Å². The molecule has 3 N–H and O–H groups in total. The lowest BCUT2D eigenvalue weighted by Crippen LogP contribution is -2.31. The number of hydrogen-bond donors (Lipinski definition) is 2. The van der Waals surface area contributed by atoms with Gasteiger partial charge in [-0.25, -0.2) is 19.3 Å². The highest BCUT2D eigenvalue weighted by Gasteiger charge is 2.56. The first kappa shape index (κ1) is 19.3. The number of aliphatic hydroxyl groups excluding tert-OH is 1. The molecule has 0 aliphatic carbocycles. The van der Waals surface area contributed by atoms with Gasteiger partial charge in [0.15, 0.2) is 17.7 Å². The van der Waals surface area contributed by atoms with Gasteiger partial charge in [-0.05, 0) is 30.2 Å². The number of anilines is 1. The zero-order valence-corrected chi connectivity index (χ0v) is 16.0. The molecule has 3 aromatic rings. The number of nitrogens with two attached hydrogens (primary N) is 1. The first-order valence-corrected chi connectivity index (χ1v) is 9.42. The van der Waals surface area contributed by atoms with Crippen molar-refractivity contribution in [3.8, 4) is 0 Å². The Morgan fingerprint density at radius 2 is 2.10 bits per heavy atom. The summed E-state index contributed by atoms with van der Waals surface area (Å²) in [5.74, 6) is -0.0892. The summed E-state index contributed by atoms with van der Waals surface area (Å²) in [5, 5.41) is 9.73. The van der Waals surface area contributed by atoms with Crippen molar-refractivity contribution >= 4 is 24.3 Å². The lowest BCUT2D eigenvalue weighted by atomic mass is 10.1. The van der Waals surface area contributed by atoms with E-state index in [9.17, 15) is 9.50 Å². The summed E-state index contributed by atoms with van der Waals surface area (Å²) in [4.78, 5) is 12.4. The molecule has 2 aliphatic rings. The Labute approximate surface area is 170 Å². The molecule has 0 bridgehead atoms. The van der Waals surface area contributed by atoms with Crippen LogP contribution in [-0.2, 0) is 25.3 Å². The molecular formula is C18H19BFN5O5. The van der Waals surface area contributed by atoms with Gasteiger partial charge in [-0.15, -0.1) is 0 Å². The molecule has 0 spiro atoms. The van der Waals surface area contributed by atoms with E-state index in [4.69, 9.17) is 24.4 Å². The van der Waals surface area contributed by atoms with E-state index in [1.54, 1.807) is 10.6 Å². The van der Waals surface area contributed by atoms with Gasteiger partial charge in [-0.1, -0.05) is 6.07 Å². The number of aryl methyl sites for hydroxylation is 1. The maximum Gasteiger partial charge on any atom is 0.640 e. The predicted octanol–water partition coefficient (Wildman–Crippen LogP) is 0.731. The molecule has 2 saturated heterocycles. The molecule has 1 aromatic carbocycles. The molecule has 5 rings (SSSR count). The Kier molecular flexibility index (Phi) is 4.87. The fraction of sp³-hybridized carbons (Fsp3) is 0.389. The summed E-state index contributed by atoms with van der Waals surface area (Å²) in [7, 11) is -0.988. The summed E-state index contributed by atoms with van der Waals surface area (Å²) >= 11 is 0. The molecule has 156 valence electrons. The minimum absolute atomic E-state index is 0.112. The van der Waals surface area contributed by atoms with E-state index in [1.807, 2.05) is 6.92 Å². The van der Waals surface area contributed by atoms with E-state index in [0.29, 0.717) is 16.7 Å². The molecule has 4 atom stereocenters. The third-order valence-corrected chi connectivity index (χ3v) is 5.35. The number of aromatic nitrogens is 4. The Morgan fingerprint density at radius 3 is 2.93 bits per heavy atom. The molecule has 10 nitrogen and oxygen atoms in total. The molecule has 4 heterocycles. The second kappa shape index (κ2) is 7.56. The third kappa shape index (κ3) is 3.22. The van der Waals surface area contributed by atoms with Crippen LogP contribution in [0.1, 0.15) is 17.4 Å². The Hall–Kier alpha value is -2.64. The minimum Gasteiger partial charge on any atom is -0.394 e. The van der Waals surface area contributed by atoms with Crippen molar-refractivity contribution in [1.82, 2.24) is 19.5 Å². The van der Waals surface area contributed by atoms with Crippen molar-refractivity contribution < 1.29 is 28.2 Å². The normalized spacial score (nSPS) is 25.9.